The van der Waals surface area contributed by atoms with E-state index >= 15 is 0 Å². The lowest BCUT2D eigenvalue weighted by Gasteiger charge is -2.36. The monoisotopic (exact) mass is 578 g/mol. The second-order valence-electron chi connectivity index (χ2n) is 10.4. The highest BCUT2D eigenvalue weighted by Crippen LogP contribution is 2.28. The minimum absolute atomic E-state index is 0.0930. The number of nitrogens with one attached hydrogen (secondary N) is 4. The molecule has 0 bridgehead atoms. The third-order valence-electron chi connectivity index (χ3n) is 5.88. The molecular weight excluding hydrogens is 536 g/mol. The molecule has 12 nitrogen and oxygen atoms in total. The summed E-state index contributed by atoms with van der Waals surface area (Å²) in [7, 11) is 3.21. The molecule has 2 aliphatic heterocycles. The molecule has 2 heterocycles. The molecule has 0 radical (unpaired) electrons. The smallest absolute Gasteiger partial charge is 0.249 e. The highest BCUT2D eigenvalue weighted by molar-refractivity contribution is 8.76. The zero-order valence-electron chi connectivity index (χ0n) is 22.7. The standard InChI is InChI=1S/C24H42N4O8S2/c1-23(2)13-33-15-35-19(23)21(31)27-7-5-17(29)25-9-11-37-38-12-10-26-18(30)6-8-28-22(32)20-24(3,4)14-34-16-36-20/h19-20H,5-16H2,1-4H3,(H,25,29)(H,26,30)(H,27,31)(H,28,32). The number of ether oxygens (including phenoxy) is 4. The molecule has 0 aliphatic carbocycles. The Morgan fingerprint density at radius 1 is 0.658 bits per heavy atom. The molecule has 4 amide bonds. The van der Waals surface area contributed by atoms with E-state index in [1.54, 1.807) is 21.6 Å². The van der Waals surface area contributed by atoms with Gasteiger partial charge in [0.15, 0.2) is 0 Å². The molecule has 2 saturated heterocycles. The van der Waals surface area contributed by atoms with Gasteiger partial charge >= 0.3 is 0 Å². The zero-order valence-corrected chi connectivity index (χ0v) is 24.4. The van der Waals surface area contributed by atoms with Gasteiger partial charge in [0.1, 0.15) is 25.8 Å². The van der Waals surface area contributed by atoms with Crippen LogP contribution in [0.25, 0.3) is 0 Å². The summed E-state index contributed by atoms with van der Waals surface area (Å²) in [5, 5.41) is 11.2. The van der Waals surface area contributed by atoms with Crippen molar-refractivity contribution in [3.05, 3.63) is 0 Å². The minimum atomic E-state index is -0.594. The van der Waals surface area contributed by atoms with Crippen molar-refractivity contribution in [1.29, 1.82) is 0 Å². The fraction of sp³-hybridized carbons (Fsp3) is 0.833. The number of carbonyl (C=O) groups is 4. The summed E-state index contributed by atoms with van der Waals surface area (Å²) in [6.07, 6.45) is -0.800. The molecular formula is C24H42N4O8S2. The number of rotatable bonds is 15. The van der Waals surface area contributed by atoms with E-state index in [0.29, 0.717) is 26.3 Å². The van der Waals surface area contributed by atoms with Crippen molar-refractivity contribution in [2.75, 3.05) is 64.5 Å². The first kappa shape index (κ1) is 32.6. The molecule has 2 unspecified atom stereocenters. The molecule has 218 valence electrons. The highest BCUT2D eigenvalue weighted by Gasteiger charge is 2.40. The Hall–Kier alpha value is -1.58. The van der Waals surface area contributed by atoms with E-state index in [1.165, 1.54) is 0 Å². The molecule has 14 heteroatoms. The molecule has 0 aromatic rings. The fourth-order valence-corrected chi connectivity index (χ4v) is 5.66. The van der Waals surface area contributed by atoms with Gasteiger partial charge in [-0.25, -0.2) is 0 Å². The number of carbonyl (C=O) groups excluding carboxylic acids is 4. The van der Waals surface area contributed by atoms with Gasteiger partial charge in [0.05, 0.1) is 13.2 Å². The summed E-state index contributed by atoms with van der Waals surface area (Å²) in [6.45, 7) is 10.2. The van der Waals surface area contributed by atoms with Crippen LogP contribution in [-0.2, 0) is 38.1 Å². The highest BCUT2D eigenvalue weighted by atomic mass is 33.1. The SMILES string of the molecule is CC1(C)COCOC1C(=O)NCCC(=O)NCCSSCCNC(=O)CCNC(=O)C1OCOCC1(C)C. The molecule has 38 heavy (non-hydrogen) atoms. The van der Waals surface area contributed by atoms with E-state index in [9.17, 15) is 19.2 Å². The van der Waals surface area contributed by atoms with Crippen molar-refractivity contribution in [3.63, 3.8) is 0 Å². The van der Waals surface area contributed by atoms with Gasteiger partial charge in [0.25, 0.3) is 0 Å². The molecule has 2 rings (SSSR count). The average Bonchev–Trinajstić information content (AvgIpc) is 2.84. The summed E-state index contributed by atoms with van der Waals surface area (Å²) >= 11 is 0. The van der Waals surface area contributed by atoms with Gasteiger partial charge in [-0.2, -0.15) is 0 Å². The van der Waals surface area contributed by atoms with Crippen LogP contribution >= 0.6 is 21.6 Å². The third-order valence-corrected chi connectivity index (χ3v) is 8.29. The van der Waals surface area contributed by atoms with Crippen molar-refractivity contribution in [2.45, 2.75) is 52.7 Å². The fourth-order valence-electron chi connectivity index (χ4n) is 3.85. The Labute approximate surface area is 232 Å². The molecule has 0 saturated carbocycles. The molecule has 2 atom stereocenters. The van der Waals surface area contributed by atoms with Crippen LogP contribution in [-0.4, -0.2) is 100 Å². The molecule has 0 aromatic heterocycles. The van der Waals surface area contributed by atoms with Crippen LogP contribution in [0.3, 0.4) is 0 Å². The maximum absolute atomic E-state index is 12.3. The Kier molecular flexibility index (Phi) is 14.2. The Morgan fingerprint density at radius 3 is 1.42 bits per heavy atom. The molecule has 4 N–H and O–H groups in total. The lowest BCUT2D eigenvalue weighted by Crippen LogP contribution is -2.51. The van der Waals surface area contributed by atoms with Crippen LogP contribution < -0.4 is 21.3 Å². The van der Waals surface area contributed by atoms with E-state index in [0.717, 1.165) is 11.5 Å². The lowest BCUT2D eigenvalue weighted by molar-refractivity contribution is -0.202. The molecule has 0 spiro atoms. The van der Waals surface area contributed by atoms with Crippen molar-refractivity contribution in [2.24, 2.45) is 10.8 Å². The van der Waals surface area contributed by atoms with Gasteiger partial charge in [0, 0.05) is 61.4 Å². The topological polar surface area (TPSA) is 153 Å². The summed E-state index contributed by atoms with van der Waals surface area (Å²) < 4.78 is 21.3. The predicted octanol–water partition coefficient (Wildman–Crippen LogP) is 0.411. The molecule has 2 fully saturated rings. The number of amides is 4. The average molecular weight is 579 g/mol. The third kappa shape index (κ3) is 11.7. The van der Waals surface area contributed by atoms with Gasteiger partial charge in [0.2, 0.25) is 23.6 Å². The number of hydrogen-bond donors (Lipinski definition) is 4. The van der Waals surface area contributed by atoms with E-state index in [4.69, 9.17) is 18.9 Å². The van der Waals surface area contributed by atoms with Crippen molar-refractivity contribution < 1.29 is 38.1 Å². The lowest BCUT2D eigenvalue weighted by atomic mass is 9.86. The van der Waals surface area contributed by atoms with Gasteiger partial charge in [-0.05, 0) is 0 Å². The quantitative estimate of drug-likeness (QED) is 0.159. The Bertz CT molecular complexity index is 735. The van der Waals surface area contributed by atoms with Crippen LogP contribution in [0, 0.1) is 10.8 Å². The summed E-state index contributed by atoms with van der Waals surface area (Å²) in [4.78, 5) is 48.5. The Morgan fingerprint density at radius 2 is 1.05 bits per heavy atom. The van der Waals surface area contributed by atoms with E-state index < -0.39 is 23.0 Å². The van der Waals surface area contributed by atoms with Crippen molar-refractivity contribution >= 4 is 45.2 Å². The first-order valence-electron chi connectivity index (χ1n) is 12.7. The van der Waals surface area contributed by atoms with Crippen LogP contribution in [0.15, 0.2) is 0 Å². The van der Waals surface area contributed by atoms with Crippen LogP contribution in [0.4, 0.5) is 0 Å². The van der Waals surface area contributed by atoms with Crippen LogP contribution in [0.2, 0.25) is 0 Å². The van der Waals surface area contributed by atoms with Crippen molar-refractivity contribution in [1.82, 2.24) is 21.3 Å². The number of hydrogen-bond acceptors (Lipinski definition) is 10. The van der Waals surface area contributed by atoms with Gasteiger partial charge in [-0.1, -0.05) is 49.3 Å². The van der Waals surface area contributed by atoms with E-state index in [-0.39, 0.29) is 63.1 Å². The summed E-state index contributed by atoms with van der Waals surface area (Å²) in [5.41, 5.74) is -0.837. The summed E-state index contributed by atoms with van der Waals surface area (Å²) in [6, 6.07) is 0. The van der Waals surface area contributed by atoms with E-state index in [2.05, 4.69) is 21.3 Å². The predicted molar refractivity (Wildman–Crippen MR) is 145 cm³/mol. The van der Waals surface area contributed by atoms with Crippen LogP contribution in [0.5, 0.6) is 0 Å². The maximum atomic E-state index is 12.3. The molecule has 2 aliphatic rings. The second kappa shape index (κ2) is 16.5. The largest absolute Gasteiger partial charge is 0.355 e. The minimum Gasteiger partial charge on any atom is -0.355 e. The van der Waals surface area contributed by atoms with Crippen LogP contribution in [0.1, 0.15) is 40.5 Å². The first-order valence-corrected chi connectivity index (χ1v) is 15.2. The maximum Gasteiger partial charge on any atom is 0.249 e. The van der Waals surface area contributed by atoms with Crippen molar-refractivity contribution in [3.8, 4) is 0 Å². The Balaban J connectivity index is 1.41. The summed E-state index contributed by atoms with van der Waals surface area (Å²) in [5.74, 6) is 0.713. The van der Waals surface area contributed by atoms with Gasteiger partial charge in [-0.3, -0.25) is 19.2 Å². The van der Waals surface area contributed by atoms with Gasteiger partial charge in [-0.15, -0.1) is 0 Å². The van der Waals surface area contributed by atoms with Gasteiger partial charge < -0.3 is 40.2 Å². The van der Waals surface area contributed by atoms with E-state index in [1.807, 2.05) is 27.7 Å². The normalized spacial score (nSPS) is 22.2. The zero-order chi connectivity index (χ0) is 28.0. The first-order chi connectivity index (χ1) is 18.0. The molecule has 0 aromatic carbocycles. The second-order valence-corrected chi connectivity index (χ2v) is 13.1.